The number of halogens is 3. The Hall–Kier alpha value is 1.14. The quantitative estimate of drug-likeness (QED) is 0.473. The van der Waals surface area contributed by atoms with E-state index in [0.29, 0.717) is 0 Å². The van der Waals surface area contributed by atoms with Gasteiger partial charge in [-0.2, -0.15) is 0 Å². The van der Waals surface area contributed by atoms with Crippen LogP contribution in [0.4, 0.5) is 0 Å². The van der Waals surface area contributed by atoms with Gasteiger partial charge in [-0.3, -0.25) is 0 Å². The third-order valence-electron chi connectivity index (χ3n) is 1.79. The van der Waals surface area contributed by atoms with Crippen LogP contribution in [0.5, 0.6) is 0 Å². The van der Waals surface area contributed by atoms with Gasteiger partial charge in [0.25, 0.3) is 0 Å². The topological polar surface area (TPSA) is 0 Å². The summed E-state index contributed by atoms with van der Waals surface area (Å²) >= 11 is -0.404. The summed E-state index contributed by atoms with van der Waals surface area (Å²) in [7, 11) is 0. The molecular weight excluding hydrogens is 541 g/mol. The maximum atomic E-state index is 2.32. The van der Waals surface area contributed by atoms with E-state index in [1.54, 1.807) is 7.58 Å². The first-order chi connectivity index (χ1) is 5.45. The SMILES string of the molecule is Br.Br.Br.C1=CC[C]([Ta][C]2=CC=CC2)=C1. The van der Waals surface area contributed by atoms with Gasteiger partial charge in [-0.15, -0.1) is 50.9 Å². The Morgan fingerprint density at radius 1 is 0.786 bits per heavy atom. The van der Waals surface area contributed by atoms with Crippen molar-refractivity contribution >= 4 is 50.9 Å². The summed E-state index contributed by atoms with van der Waals surface area (Å²) in [6.07, 6.45) is 16.0. The zero-order valence-electron chi connectivity index (χ0n) is 7.55. The van der Waals surface area contributed by atoms with E-state index in [9.17, 15) is 0 Å². The van der Waals surface area contributed by atoms with Crippen molar-refractivity contribution in [1.82, 2.24) is 0 Å². The zero-order chi connectivity index (χ0) is 7.52. The molecule has 0 aromatic heterocycles. The van der Waals surface area contributed by atoms with Gasteiger partial charge in [-0.1, -0.05) is 0 Å². The van der Waals surface area contributed by atoms with Crippen molar-refractivity contribution in [3.05, 3.63) is 44.0 Å². The normalized spacial score (nSPS) is 16.0. The molecule has 0 aliphatic heterocycles. The minimum absolute atomic E-state index is 0. The van der Waals surface area contributed by atoms with Crippen molar-refractivity contribution in [3.8, 4) is 0 Å². The van der Waals surface area contributed by atoms with Gasteiger partial charge in [0, 0.05) is 0 Å². The molecule has 14 heavy (non-hydrogen) atoms. The van der Waals surface area contributed by atoms with Crippen molar-refractivity contribution in [2.45, 2.75) is 12.8 Å². The molecule has 0 saturated carbocycles. The average Bonchev–Trinajstić information content (AvgIpc) is 2.60. The fraction of sp³-hybridized carbons (Fsp3) is 0.200. The Bertz CT molecular complexity index is 249. The third kappa shape index (κ3) is 5.29. The van der Waals surface area contributed by atoms with Crippen molar-refractivity contribution in [3.63, 3.8) is 0 Å². The molecule has 0 nitrogen and oxygen atoms in total. The molecule has 0 unspecified atom stereocenters. The second kappa shape index (κ2) is 9.37. The summed E-state index contributed by atoms with van der Waals surface area (Å²) < 4.78 is 3.47. The Labute approximate surface area is 126 Å². The molecule has 0 bridgehead atoms. The van der Waals surface area contributed by atoms with E-state index in [1.807, 2.05) is 0 Å². The van der Waals surface area contributed by atoms with Crippen LogP contribution in [0.15, 0.2) is 44.0 Å². The molecule has 0 spiro atoms. The van der Waals surface area contributed by atoms with E-state index >= 15 is 0 Å². The van der Waals surface area contributed by atoms with Crippen molar-refractivity contribution in [2.75, 3.05) is 0 Å². The van der Waals surface area contributed by atoms with Crippen LogP contribution in [0.25, 0.3) is 0 Å². The molecule has 0 aromatic rings. The summed E-state index contributed by atoms with van der Waals surface area (Å²) in [6.45, 7) is 0. The molecule has 79 valence electrons. The Balaban J connectivity index is 0. The molecule has 0 atom stereocenters. The molecule has 0 fully saturated rings. The summed E-state index contributed by atoms with van der Waals surface area (Å²) in [5.74, 6) is 0. The van der Waals surface area contributed by atoms with Gasteiger partial charge < -0.3 is 0 Å². The summed E-state index contributed by atoms with van der Waals surface area (Å²) in [6, 6.07) is 0. The van der Waals surface area contributed by atoms with Gasteiger partial charge in [-0.25, -0.2) is 0 Å². The van der Waals surface area contributed by atoms with Gasteiger partial charge in [0.2, 0.25) is 0 Å². The van der Waals surface area contributed by atoms with Gasteiger partial charge in [-0.05, 0) is 0 Å². The molecule has 0 aromatic carbocycles. The summed E-state index contributed by atoms with van der Waals surface area (Å²) in [5, 5.41) is 0. The minimum atomic E-state index is -0.404. The first-order valence-corrected chi connectivity index (χ1v) is 7.09. The molecule has 0 saturated heterocycles. The Kier molecular flexibility index (Phi) is 11.7. The molecule has 2 aliphatic carbocycles. The van der Waals surface area contributed by atoms with E-state index in [-0.39, 0.29) is 50.9 Å². The zero-order valence-corrected chi connectivity index (χ0v) is 15.9. The third-order valence-corrected chi connectivity index (χ3v) is 6.24. The van der Waals surface area contributed by atoms with Crippen LogP contribution < -0.4 is 0 Å². The number of hydrogen-bond acceptors (Lipinski definition) is 0. The summed E-state index contributed by atoms with van der Waals surface area (Å²) in [4.78, 5) is 0. The van der Waals surface area contributed by atoms with Crippen LogP contribution in [0.1, 0.15) is 12.8 Å². The average molecular weight is 554 g/mol. The van der Waals surface area contributed by atoms with Gasteiger partial charge in [0.05, 0.1) is 0 Å². The van der Waals surface area contributed by atoms with Gasteiger partial charge in [0.15, 0.2) is 0 Å². The van der Waals surface area contributed by atoms with Crippen LogP contribution in [-0.4, -0.2) is 0 Å². The van der Waals surface area contributed by atoms with E-state index in [4.69, 9.17) is 0 Å². The number of hydrogen-bond donors (Lipinski definition) is 0. The molecule has 0 heterocycles. The van der Waals surface area contributed by atoms with E-state index in [2.05, 4.69) is 36.5 Å². The number of rotatable bonds is 2. The molecule has 2 rings (SSSR count). The van der Waals surface area contributed by atoms with E-state index < -0.39 is 19.8 Å². The van der Waals surface area contributed by atoms with Crippen LogP contribution in [-0.2, 0) is 19.8 Å². The molecular formula is C10H13Br3Ta. The standard InChI is InChI=1S/2C5H5.3BrH.Ta/c2*1-2-4-5-3-1;;;;/h2*1-3H,4H2;3*1H;. The summed E-state index contributed by atoms with van der Waals surface area (Å²) in [5.41, 5.74) is 0. The fourth-order valence-electron chi connectivity index (χ4n) is 1.22. The molecule has 0 amide bonds. The van der Waals surface area contributed by atoms with Crippen molar-refractivity contribution in [1.29, 1.82) is 0 Å². The maximum absolute atomic E-state index is 2.32. The predicted octanol–water partition coefficient (Wildman–Crippen LogP) is 4.49. The molecule has 2 aliphatic rings. The van der Waals surface area contributed by atoms with E-state index in [0.717, 1.165) is 0 Å². The van der Waals surface area contributed by atoms with E-state index in [1.165, 1.54) is 12.8 Å². The van der Waals surface area contributed by atoms with Gasteiger partial charge in [0.1, 0.15) is 0 Å². The monoisotopic (exact) mass is 551 g/mol. The van der Waals surface area contributed by atoms with Crippen molar-refractivity contribution in [2.24, 2.45) is 0 Å². The van der Waals surface area contributed by atoms with Crippen LogP contribution in [0.3, 0.4) is 0 Å². The van der Waals surface area contributed by atoms with Crippen LogP contribution >= 0.6 is 50.9 Å². The van der Waals surface area contributed by atoms with Crippen LogP contribution in [0.2, 0.25) is 0 Å². The molecule has 0 radical (unpaired) electrons. The predicted molar refractivity (Wildman–Crippen MR) is 74.6 cm³/mol. The van der Waals surface area contributed by atoms with Gasteiger partial charge >= 0.3 is 76.6 Å². The molecule has 4 heteroatoms. The van der Waals surface area contributed by atoms with Crippen LogP contribution in [0, 0.1) is 0 Å². The van der Waals surface area contributed by atoms with Crippen molar-refractivity contribution < 1.29 is 19.8 Å². The Morgan fingerprint density at radius 2 is 1.21 bits per heavy atom. The first kappa shape index (κ1) is 17.5. The number of allylic oxidation sites excluding steroid dienone is 8. The second-order valence-electron chi connectivity index (χ2n) is 2.69. The first-order valence-electron chi connectivity index (χ1n) is 3.88. The fourth-order valence-corrected chi connectivity index (χ4v) is 5.11. The second-order valence-corrected chi connectivity index (χ2v) is 7.62. The Morgan fingerprint density at radius 3 is 1.50 bits per heavy atom. The molecule has 0 N–H and O–H groups in total.